The van der Waals surface area contributed by atoms with Crippen LogP contribution in [0.25, 0.3) is 22.1 Å². The molecule has 0 bridgehead atoms. The molecule has 7 rings (SSSR count). The van der Waals surface area contributed by atoms with Crippen LogP contribution in [0.3, 0.4) is 0 Å². The summed E-state index contributed by atoms with van der Waals surface area (Å²) in [5, 5.41) is 17.9. The van der Waals surface area contributed by atoms with Crippen LogP contribution in [-0.4, -0.2) is 57.7 Å². The van der Waals surface area contributed by atoms with Gasteiger partial charge in [-0.2, -0.15) is 0 Å². The SMILES string of the molecule is Cc1ncnc2c1c(NCCCc1cccnc1)cc(=O)n2O.Cc1ncnc2c1c(NCCCc1cccnc1)cc(=O)n2OCc1ccccc1. The Morgan fingerprint density at radius 3 is 1.75 bits per heavy atom. The minimum atomic E-state index is -0.523. The lowest BCUT2D eigenvalue weighted by Gasteiger charge is -2.15. The second-order valence-electron chi connectivity index (χ2n) is 12.3. The maximum Gasteiger partial charge on any atom is 0.287 e. The average molecular weight is 713 g/mol. The number of rotatable bonds is 13. The van der Waals surface area contributed by atoms with Gasteiger partial charge >= 0.3 is 0 Å². The number of fused-ring (bicyclic) bond motifs is 2. The summed E-state index contributed by atoms with van der Waals surface area (Å²) in [5.74, 6) is 0. The van der Waals surface area contributed by atoms with Gasteiger partial charge in [-0.1, -0.05) is 42.5 Å². The van der Waals surface area contributed by atoms with Crippen molar-refractivity contribution in [2.75, 3.05) is 23.7 Å². The topological polar surface area (TPSA) is 175 Å². The molecule has 14 heteroatoms. The molecule has 53 heavy (non-hydrogen) atoms. The van der Waals surface area contributed by atoms with Crippen molar-refractivity contribution < 1.29 is 10.0 Å². The second kappa shape index (κ2) is 17.5. The summed E-state index contributed by atoms with van der Waals surface area (Å²) in [6.07, 6.45) is 13.6. The average Bonchev–Trinajstić information content (AvgIpc) is 3.18. The molecule has 1 aromatic carbocycles. The number of nitrogens with one attached hydrogen (secondary N) is 2. The van der Waals surface area contributed by atoms with Crippen molar-refractivity contribution in [2.45, 2.75) is 46.1 Å². The molecule has 0 amide bonds. The van der Waals surface area contributed by atoms with Gasteiger partial charge in [0.05, 0.1) is 33.5 Å². The van der Waals surface area contributed by atoms with Crippen molar-refractivity contribution in [3.63, 3.8) is 0 Å². The van der Waals surface area contributed by atoms with Crippen molar-refractivity contribution in [3.05, 3.63) is 153 Å². The number of aryl methyl sites for hydroxylation is 4. The first kappa shape index (κ1) is 36.1. The molecule has 0 aliphatic rings. The third kappa shape index (κ3) is 9.16. The Labute approximate surface area is 305 Å². The van der Waals surface area contributed by atoms with E-state index in [0.29, 0.717) is 40.2 Å². The summed E-state index contributed by atoms with van der Waals surface area (Å²) in [4.78, 5) is 55.4. The highest BCUT2D eigenvalue weighted by Gasteiger charge is 2.15. The summed E-state index contributed by atoms with van der Waals surface area (Å²) in [6.45, 7) is 5.39. The number of benzene rings is 1. The van der Waals surface area contributed by atoms with Crippen LogP contribution in [0.1, 0.15) is 40.9 Å². The molecule has 6 aromatic heterocycles. The Hall–Kier alpha value is -6.70. The number of anilines is 2. The number of pyridine rings is 4. The van der Waals surface area contributed by atoms with Crippen LogP contribution in [-0.2, 0) is 19.4 Å². The molecule has 0 aliphatic heterocycles. The molecule has 0 saturated heterocycles. The Balaban J connectivity index is 0.000000188. The molecule has 0 saturated carbocycles. The quantitative estimate of drug-likeness (QED) is 0.109. The third-order valence-electron chi connectivity index (χ3n) is 8.47. The van der Waals surface area contributed by atoms with Gasteiger partial charge < -0.3 is 20.7 Å². The van der Waals surface area contributed by atoms with Crippen LogP contribution in [0, 0.1) is 13.8 Å². The highest BCUT2D eigenvalue weighted by Crippen LogP contribution is 2.23. The first-order valence-corrected chi connectivity index (χ1v) is 17.3. The normalized spacial score (nSPS) is 10.8. The molecule has 0 radical (unpaired) electrons. The standard InChI is InChI=1S/C23H23N5O2.C16H17N5O2/c1-17-22-20(25-12-6-10-18-9-5-11-24-14-18)13-21(29)28(23(22)27-16-26-17)30-15-19-7-3-2-4-8-19;1-11-15-13(8-14(22)21(23)16(15)20-10-19-11)18-7-3-5-12-4-2-6-17-9-12/h2-5,7-9,11,13-14,16,25H,6,10,12,15H2,1H3;2,4,6,8-10,18,23H,3,5,7H2,1H3. The molecular weight excluding hydrogens is 672 g/mol. The van der Waals surface area contributed by atoms with Gasteiger partial charge in [0, 0.05) is 50.0 Å². The first-order valence-electron chi connectivity index (χ1n) is 17.3. The molecule has 0 atom stereocenters. The number of hydrogen-bond acceptors (Lipinski definition) is 12. The van der Waals surface area contributed by atoms with Gasteiger partial charge in [0.2, 0.25) is 0 Å². The van der Waals surface area contributed by atoms with E-state index in [4.69, 9.17) is 4.84 Å². The van der Waals surface area contributed by atoms with E-state index in [1.54, 1.807) is 18.5 Å². The molecule has 0 aliphatic carbocycles. The van der Waals surface area contributed by atoms with Crippen LogP contribution < -0.4 is 26.6 Å². The van der Waals surface area contributed by atoms with Gasteiger partial charge in [-0.15, -0.1) is 9.46 Å². The Kier molecular flexibility index (Phi) is 11.9. The van der Waals surface area contributed by atoms with Crippen LogP contribution in [0.2, 0.25) is 0 Å². The van der Waals surface area contributed by atoms with Gasteiger partial charge in [-0.3, -0.25) is 19.6 Å². The molecule has 270 valence electrons. The predicted octanol–water partition coefficient (Wildman–Crippen LogP) is 4.95. The predicted molar refractivity (Wildman–Crippen MR) is 203 cm³/mol. The van der Waals surface area contributed by atoms with E-state index in [1.807, 2.05) is 74.8 Å². The van der Waals surface area contributed by atoms with Gasteiger partial charge in [-0.25, -0.2) is 19.9 Å². The van der Waals surface area contributed by atoms with Crippen LogP contribution in [0.15, 0.2) is 114 Å². The number of hydrogen-bond donors (Lipinski definition) is 3. The summed E-state index contributed by atoms with van der Waals surface area (Å²) >= 11 is 0. The molecule has 0 unspecified atom stereocenters. The second-order valence-corrected chi connectivity index (χ2v) is 12.3. The van der Waals surface area contributed by atoms with E-state index in [-0.39, 0.29) is 17.8 Å². The highest BCUT2D eigenvalue weighted by atomic mass is 16.7. The van der Waals surface area contributed by atoms with Gasteiger partial charge in [-0.05, 0) is 68.4 Å². The molecule has 0 fully saturated rings. The Morgan fingerprint density at radius 1 is 0.660 bits per heavy atom. The maximum absolute atomic E-state index is 12.8. The molecule has 6 heterocycles. The zero-order valence-corrected chi connectivity index (χ0v) is 29.5. The van der Waals surface area contributed by atoms with Crippen molar-refractivity contribution in [1.29, 1.82) is 0 Å². The lowest BCUT2D eigenvalue weighted by Crippen LogP contribution is -2.28. The Bertz CT molecular complexity index is 2390. The zero-order chi connectivity index (χ0) is 37.0. The van der Waals surface area contributed by atoms with E-state index in [1.165, 1.54) is 34.6 Å². The summed E-state index contributed by atoms with van der Waals surface area (Å²) < 4.78 is 1.79. The van der Waals surface area contributed by atoms with Gasteiger partial charge in [0.25, 0.3) is 11.1 Å². The van der Waals surface area contributed by atoms with Gasteiger partial charge in [0.1, 0.15) is 19.3 Å². The van der Waals surface area contributed by atoms with E-state index < -0.39 is 5.56 Å². The molecular formula is C39H40N10O4. The number of nitrogens with zero attached hydrogens (tertiary/aromatic N) is 8. The molecule has 3 N–H and O–H groups in total. The van der Waals surface area contributed by atoms with Crippen LogP contribution in [0.4, 0.5) is 11.4 Å². The summed E-state index contributed by atoms with van der Waals surface area (Å²) in [6, 6.07) is 20.6. The van der Waals surface area contributed by atoms with E-state index in [2.05, 4.69) is 46.6 Å². The van der Waals surface area contributed by atoms with E-state index in [9.17, 15) is 14.8 Å². The zero-order valence-electron chi connectivity index (χ0n) is 29.5. The number of aromatic nitrogens is 8. The smallest absolute Gasteiger partial charge is 0.287 e. The lowest BCUT2D eigenvalue weighted by molar-refractivity contribution is 0.0979. The Morgan fingerprint density at radius 2 is 1.19 bits per heavy atom. The molecule has 0 spiro atoms. The maximum atomic E-state index is 12.8. The minimum Gasteiger partial charge on any atom is -0.423 e. The van der Waals surface area contributed by atoms with Crippen molar-refractivity contribution in [2.24, 2.45) is 0 Å². The van der Waals surface area contributed by atoms with Crippen molar-refractivity contribution in [3.8, 4) is 0 Å². The lowest BCUT2D eigenvalue weighted by atomic mass is 10.1. The molecule has 7 aromatic rings. The third-order valence-corrected chi connectivity index (χ3v) is 8.47. The largest absolute Gasteiger partial charge is 0.423 e. The van der Waals surface area contributed by atoms with Crippen molar-refractivity contribution >= 4 is 33.4 Å². The van der Waals surface area contributed by atoms with Gasteiger partial charge in [0.15, 0.2) is 11.3 Å². The monoisotopic (exact) mass is 712 g/mol. The summed E-state index contributed by atoms with van der Waals surface area (Å²) in [7, 11) is 0. The van der Waals surface area contributed by atoms with Crippen molar-refractivity contribution in [1.82, 2.24) is 39.4 Å². The first-order chi connectivity index (χ1) is 25.9. The van der Waals surface area contributed by atoms with Crippen LogP contribution in [0.5, 0.6) is 0 Å². The van der Waals surface area contributed by atoms with Crippen LogP contribution >= 0.6 is 0 Å². The van der Waals surface area contributed by atoms with E-state index >= 15 is 0 Å². The summed E-state index contributed by atoms with van der Waals surface area (Å²) in [5.41, 5.74) is 6.05. The molecule has 14 nitrogen and oxygen atoms in total. The highest BCUT2D eigenvalue weighted by molar-refractivity contribution is 5.91. The minimum absolute atomic E-state index is 0.208. The fraction of sp³-hybridized carbons (Fsp3) is 0.231. The fourth-order valence-corrected chi connectivity index (χ4v) is 5.83. The fourth-order valence-electron chi connectivity index (χ4n) is 5.83. The van der Waals surface area contributed by atoms with E-state index in [0.717, 1.165) is 48.0 Å².